The van der Waals surface area contributed by atoms with E-state index in [1.807, 2.05) is 0 Å². The number of halogens is 1. The smallest absolute Gasteiger partial charge is 0.263 e. The third-order valence-electron chi connectivity index (χ3n) is 2.36. The molecule has 0 aliphatic heterocycles. The highest BCUT2D eigenvalue weighted by Gasteiger charge is 2.16. The number of anilines is 1. The number of hydrogen-bond acceptors (Lipinski definition) is 5. The molecule has 0 spiro atoms. The minimum atomic E-state index is -3.88. The molecule has 6 nitrogen and oxygen atoms in total. The molecule has 1 heterocycles. The molecule has 0 saturated carbocycles. The second-order valence-electron chi connectivity index (χ2n) is 3.76. The Morgan fingerprint density at radius 2 is 2.05 bits per heavy atom. The number of nitrogens with one attached hydrogen (secondary N) is 1. The summed E-state index contributed by atoms with van der Waals surface area (Å²) in [6.07, 6.45) is 1.08. The van der Waals surface area contributed by atoms with Gasteiger partial charge in [-0.2, -0.15) is 5.26 Å². The molecule has 1 aromatic carbocycles. The Morgan fingerprint density at radius 3 is 2.65 bits per heavy atom. The number of aromatic nitrogens is 1. The monoisotopic (exact) mass is 353 g/mol. The van der Waals surface area contributed by atoms with Crippen molar-refractivity contribution in [1.29, 1.82) is 5.26 Å². The van der Waals surface area contributed by atoms with Crippen LogP contribution in [0.4, 0.5) is 5.69 Å². The van der Waals surface area contributed by atoms with E-state index in [9.17, 15) is 13.5 Å². The lowest BCUT2D eigenvalue weighted by Crippen LogP contribution is -2.13. The van der Waals surface area contributed by atoms with Crippen LogP contribution >= 0.6 is 15.9 Å². The summed E-state index contributed by atoms with van der Waals surface area (Å²) in [7, 11) is -3.88. The van der Waals surface area contributed by atoms with Gasteiger partial charge in [0, 0.05) is 10.7 Å². The number of sulfonamides is 1. The van der Waals surface area contributed by atoms with Crippen LogP contribution in [0, 0.1) is 11.3 Å². The summed E-state index contributed by atoms with van der Waals surface area (Å²) in [5, 5.41) is 18.2. The number of pyridine rings is 1. The summed E-state index contributed by atoms with van der Waals surface area (Å²) >= 11 is 3.18. The average Bonchev–Trinajstić information content (AvgIpc) is 2.43. The van der Waals surface area contributed by atoms with Crippen molar-refractivity contribution in [1.82, 2.24) is 4.98 Å². The van der Waals surface area contributed by atoms with E-state index < -0.39 is 10.0 Å². The molecule has 8 heteroatoms. The topological polar surface area (TPSA) is 103 Å². The summed E-state index contributed by atoms with van der Waals surface area (Å²) in [5.74, 6) is -0.196. The van der Waals surface area contributed by atoms with Crippen LogP contribution in [0.5, 0.6) is 5.75 Å². The fourth-order valence-electron chi connectivity index (χ4n) is 1.40. The Balaban J connectivity index is 2.35. The molecule has 0 amide bonds. The van der Waals surface area contributed by atoms with Crippen molar-refractivity contribution in [3.63, 3.8) is 0 Å². The molecule has 0 radical (unpaired) electrons. The number of nitrogens with zero attached hydrogens (tertiary/aromatic N) is 2. The third kappa shape index (κ3) is 3.07. The molecule has 0 aliphatic rings. The normalized spacial score (nSPS) is 10.8. The second-order valence-corrected chi connectivity index (χ2v) is 6.36. The largest absolute Gasteiger partial charge is 0.506 e. The van der Waals surface area contributed by atoms with Crippen molar-refractivity contribution >= 4 is 31.6 Å². The summed E-state index contributed by atoms with van der Waals surface area (Å²) in [5.41, 5.74) is 0.165. The van der Waals surface area contributed by atoms with Crippen LogP contribution in [0.2, 0.25) is 0 Å². The predicted molar refractivity (Wildman–Crippen MR) is 75.6 cm³/mol. The number of nitriles is 1. The molecule has 0 aliphatic carbocycles. The van der Waals surface area contributed by atoms with Gasteiger partial charge in [-0.25, -0.2) is 13.4 Å². The van der Waals surface area contributed by atoms with Gasteiger partial charge in [0.1, 0.15) is 22.4 Å². The minimum absolute atomic E-state index is 0.0451. The van der Waals surface area contributed by atoms with E-state index in [0.717, 1.165) is 6.20 Å². The Bertz CT molecular complexity index is 783. The van der Waals surface area contributed by atoms with Gasteiger partial charge in [-0.05, 0) is 30.3 Å². The zero-order chi connectivity index (χ0) is 14.8. The number of phenols is 1. The fourth-order valence-corrected chi connectivity index (χ4v) is 2.77. The van der Waals surface area contributed by atoms with Gasteiger partial charge in [0.25, 0.3) is 10.0 Å². The first-order valence-corrected chi connectivity index (χ1v) is 7.57. The van der Waals surface area contributed by atoms with Crippen LogP contribution in [0.1, 0.15) is 5.69 Å². The van der Waals surface area contributed by atoms with E-state index in [1.165, 1.54) is 24.3 Å². The average molecular weight is 354 g/mol. The van der Waals surface area contributed by atoms with Gasteiger partial charge in [0.2, 0.25) is 0 Å². The maximum Gasteiger partial charge on any atom is 0.263 e. The Kier molecular flexibility index (Phi) is 3.92. The first-order valence-electron chi connectivity index (χ1n) is 5.30. The van der Waals surface area contributed by atoms with Gasteiger partial charge in [-0.15, -0.1) is 0 Å². The van der Waals surface area contributed by atoms with E-state index in [2.05, 4.69) is 25.6 Å². The van der Waals surface area contributed by atoms with Crippen molar-refractivity contribution < 1.29 is 13.5 Å². The van der Waals surface area contributed by atoms with Crippen LogP contribution in [-0.4, -0.2) is 18.5 Å². The highest BCUT2D eigenvalue weighted by molar-refractivity contribution is 9.10. The van der Waals surface area contributed by atoms with Gasteiger partial charge in [0.15, 0.2) is 0 Å². The molecule has 0 atom stereocenters. The summed E-state index contributed by atoms with van der Waals surface area (Å²) < 4.78 is 27.1. The molecule has 0 fully saturated rings. The van der Waals surface area contributed by atoms with Crippen molar-refractivity contribution in [2.24, 2.45) is 0 Å². The standard InChI is InChI=1S/C12H8BrN3O3S/c13-8-1-4-12(17)11(5-8)16-20(18,19)10-3-2-9(6-14)15-7-10/h1-5,7,16-17H. The maximum absolute atomic E-state index is 12.1. The van der Waals surface area contributed by atoms with Crippen LogP contribution in [0.25, 0.3) is 0 Å². The van der Waals surface area contributed by atoms with Crippen molar-refractivity contribution in [3.8, 4) is 11.8 Å². The van der Waals surface area contributed by atoms with Gasteiger partial charge < -0.3 is 5.11 Å². The van der Waals surface area contributed by atoms with Crippen LogP contribution in [0.3, 0.4) is 0 Å². The Labute approximate surface area is 123 Å². The predicted octanol–water partition coefficient (Wildman–Crippen LogP) is 2.22. The van der Waals surface area contributed by atoms with E-state index in [-0.39, 0.29) is 22.0 Å². The van der Waals surface area contributed by atoms with Gasteiger partial charge in [-0.1, -0.05) is 15.9 Å². The number of aromatic hydroxyl groups is 1. The Morgan fingerprint density at radius 1 is 1.30 bits per heavy atom. The molecule has 0 bridgehead atoms. The molecule has 2 aromatic rings. The molecule has 0 saturated heterocycles. The van der Waals surface area contributed by atoms with Gasteiger partial charge in [-0.3, -0.25) is 4.72 Å². The molecule has 0 unspecified atom stereocenters. The number of hydrogen-bond donors (Lipinski definition) is 2. The molecular formula is C12H8BrN3O3S. The Hall–Kier alpha value is -2.11. The first-order chi connectivity index (χ1) is 9.42. The van der Waals surface area contributed by atoms with Gasteiger partial charge >= 0.3 is 0 Å². The summed E-state index contributed by atoms with van der Waals surface area (Å²) in [6.45, 7) is 0. The lowest BCUT2D eigenvalue weighted by molar-refractivity contribution is 0.477. The van der Waals surface area contributed by atoms with E-state index in [1.54, 1.807) is 12.1 Å². The zero-order valence-electron chi connectivity index (χ0n) is 9.91. The lowest BCUT2D eigenvalue weighted by Gasteiger charge is -2.09. The highest BCUT2D eigenvalue weighted by atomic mass is 79.9. The van der Waals surface area contributed by atoms with Gasteiger partial charge in [0.05, 0.1) is 5.69 Å². The zero-order valence-corrected chi connectivity index (χ0v) is 12.3. The lowest BCUT2D eigenvalue weighted by atomic mass is 10.3. The molecule has 1 aromatic heterocycles. The van der Waals surface area contributed by atoms with E-state index >= 15 is 0 Å². The van der Waals surface area contributed by atoms with Crippen molar-refractivity contribution in [2.75, 3.05) is 4.72 Å². The number of phenolic OH excluding ortho intramolecular Hbond substituents is 1. The van der Waals surface area contributed by atoms with Crippen LogP contribution < -0.4 is 4.72 Å². The van der Waals surface area contributed by atoms with Crippen molar-refractivity contribution in [3.05, 3.63) is 46.7 Å². The SMILES string of the molecule is N#Cc1ccc(S(=O)(=O)Nc2cc(Br)ccc2O)cn1. The summed E-state index contributed by atoms with van der Waals surface area (Å²) in [4.78, 5) is 3.59. The van der Waals surface area contributed by atoms with Crippen LogP contribution in [0.15, 0.2) is 45.9 Å². The van der Waals surface area contributed by atoms with E-state index in [4.69, 9.17) is 5.26 Å². The summed E-state index contributed by atoms with van der Waals surface area (Å²) in [6, 6.07) is 8.74. The van der Waals surface area contributed by atoms with E-state index in [0.29, 0.717) is 4.47 Å². The molecule has 2 rings (SSSR count). The second kappa shape index (κ2) is 5.48. The molecular weight excluding hydrogens is 346 g/mol. The fraction of sp³-hybridized carbons (Fsp3) is 0. The number of rotatable bonds is 3. The van der Waals surface area contributed by atoms with Crippen LogP contribution in [-0.2, 0) is 10.0 Å². The third-order valence-corrected chi connectivity index (χ3v) is 4.21. The molecule has 102 valence electrons. The molecule has 2 N–H and O–H groups in total. The minimum Gasteiger partial charge on any atom is -0.506 e. The number of benzene rings is 1. The van der Waals surface area contributed by atoms with Crippen molar-refractivity contribution in [2.45, 2.75) is 4.90 Å². The quantitative estimate of drug-likeness (QED) is 0.823. The molecule has 20 heavy (non-hydrogen) atoms. The maximum atomic E-state index is 12.1. The highest BCUT2D eigenvalue weighted by Crippen LogP contribution is 2.28. The first kappa shape index (κ1) is 14.3.